The molecule has 0 bridgehead atoms. The molecule has 1 N–H and O–H groups in total. The quantitative estimate of drug-likeness (QED) is 0.836. The molecule has 3 heteroatoms. The Balaban J connectivity index is 0.00000289. The van der Waals surface area contributed by atoms with Crippen LogP contribution >= 0.6 is 0 Å². The van der Waals surface area contributed by atoms with Crippen molar-refractivity contribution in [3.05, 3.63) is 0 Å². The minimum atomic E-state index is -0.305. The Labute approximate surface area is 114 Å². The normalized spacial score (nSPS) is 19.9. The van der Waals surface area contributed by atoms with Gasteiger partial charge in [-0.3, -0.25) is 5.32 Å². The van der Waals surface area contributed by atoms with Crippen LogP contribution in [0.15, 0.2) is 0 Å². The van der Waals surface area contributed by atoms with E-state index in [1.807, 2.05) is 0 Å². The molecule has 106 valence electrons. The average Bonchev–Trinajstić information content (AvgIpc) is 2.26. The van der Waals surface area contributed by atoms with Crippen molar-refractivity contribution in [1.29, 1.82) is 5.26 Å². The first-order valence-corrected chi connectivity index (χ1v) is 6.84. The van der Waals surface area contributed by atoms with Gasteiger partial charge in [0.25, 0.3) is 0 Å². The summed E-state index contributed by atoms with van der Waals surface area (Å²) in [5.41, 5.74) is -0.289. The zero-order valence-electron chi connectivity index (χ0n) is 11.8. The van der Waals surface area contributed by atoms with Crippen LogP contribution in [0.4, 0.5) is 0 Å². The van der Waals surface area contributed by atoms with Crippen LogP contribution in [-0.4, -0.2) is 35.6 Å². The molecule has 1 fully saturated rings. The van der Waals surface area contributed by atoms with Crippen LogP contribution in [0, 0.1) is 11.3 Å². The zero-order chi connectivity index (χ0) is 12.9. The van der Waals surface area contributed by atoms with Crippen molar-refractivity contribution < 1.29 is 0 Å². The number of likely N-dealkylation sites (tertiary alicyclic amines) is 1. The van der Waals surface area contributed by atoms with E-state index in [1.165, 1.54) is 19.4 Å². The molecule has 1 aliphatic heterocycles. The predicted octanol–water partition coefficient (Wildman–Crippen LogP) is 3.17. The first-order chi connectivity index (χ1) is 7.91. The van der Waals surface area contributed by atoms with Crippen LogP contribution in [0.3, 0.4) is 0 Å². The van der Waals surface area contributed by atoms with E-state index >= 15 is 0 Å². The lowest BCUT2D eigenvalue weighted by molar-refractivity contribution is 0.145. The number of piperidine rings is 1. The lowest BCUT2D eigenvalue weighted by atomic mass is 9.86. The smallest absolute Gasteiger partial charge is 0.109 e. The Kier molecular flexibility index (Phi) is 6.88. The van der Waals surface area contributed by atoms with E-state index in [1.54, 1.807) is 0 Å². The Bertz CT molecular complexity index is 264. The van der Waals surface area contributed by atoms with Crippen LogP contribution in [0.1, 0.15) is 60.8 Å². The summed E-state index contributed by atoms with van der Waals surface area (Å²) in [4.78, 5) is 2.49. The molecule has 0 unspecified atom stereocenters. The van der Waals surface area contributed by atoms with E-state index in [0.717, 1.165) is 25.9 Å². The summed E-state index contributed by atoms with van der Waals surface area (Å²) < 4.78 is 0. The summed E-state index contributed by atoms with van der Waals surface area (Å²) >= 11 is 0. The fourth-order valence-electron chi connectivity index (χ4n) is 2.52. The molecule has 1 rings (SSSR count). The topological polar surface area (TPSA) is 39.1 Å². The van der Waals surface area contributed by atoms with Gasteiger partial charge < -0.3 is 4.90 Å². The minimum absolute atomic E-state index is 0. The van der Waals surface area contributed by atoms with Gasteiger partial charge in [0, 0.05) is 18.6 Å². The minimum Gasteiger partial charge on any atom is -0.303 e. The monoisotopic (exact) mass is 253 g/mol. The molecule has 0 amide bonds. The molecule has 0 spiro atoms. The first kappa shape index (κ1) is 17.4. The van der Waals surface area contributed by atoms with E-state index in [4.69, 9.17) is 0 Å². The largest absolute Gasteiger partial charge is 0.303 e. The van der Waals surface area contributed by atoms with E-state index in [-0.39, 0.29) is 18.5 Å². The molecule has 0 saturated carbocycles. The highest BCUT2D eigenvalue weighted by Gasteiger charge is 2.37. The standard InChI is InChI=1S/C14H27N3.CH4/c1-5-6-9-17-10-7-14(12-15,8-11-17)16-13(2,3)4;/h16H,5-11H2,1-4H3;1H4. The van der Waals surface area contributed by atoms with Crippen LogP contribution < -0.4 is 5.32 Å². The van der Waals surface area contributed by atoms with Gasteiger partial charge in [-0.2, -0.15) is 5.26 Å². The van der Waals surface area contributed by atoms with E-state index in [9.17, 15) is 5.26 Å². The summed E-state index contributed by atoms with van der Waals surface area (Å²) in [6.45, 7) is 11.9. The maximum atomic E-state index is 9.44. The summed E-state index contributed by atoms with van der Waals surface area (Å²) in [6, 6.07) is 2.51. The summed E-state index contributed by atoms with van der Waals surface area (Å²) in [6.07, 6.45) is 4.42. The lowest BCUT2D eigenvalue weighted by Crippen LogP contribution is -2.58. The third kappa shape index (κ3) is 5.37. The SMILES string of the molecule is C.CCCCN1CCC(C#N)(NC(C)(C)C)CC1. The van der Waals surface area contributed by atoms with Crippen molar-refractivity contribution in [2.75, 3.05) is 19.6 Å². The van der Waals surface area contributed by atoms with Crippen LogP contribution in [0.25, 0.3) is 0 Å². The molecule has 0 aromatic heterocycles. The summed E-state index contributed by atoms with van der Waals surface area (Å²) in [5, 5.41) is 12.9. The van der Waals surface area contributed by atoms with Crippen molar-refractivity contribution in [1.82, 2.24) is 10.2 Å². The maximum Gasteiger partial charge on any atom is 0.109 e. The molecular formula is C15H31N3. The molecule has 1 saturated heterocycles. The summed E-state index contributed by atoms with van der Waals surface area (Å²) in [5.74, 6) is 0. The van der Waals surface area contributed by atoms with Crippen LogP contribution in [-0.2, 0) is 0 Å². The Morgan fingerprint density at radius 3 is 2.22 bits per heavy atom. The molecule has 0 atom stereocenters. The van der Waals surface area contributed by atoms with Crippen molar-refractivity contribution in [3.8, 4) is 6.07 Å². The van der Waals surface area contributed by atoms with Gasteiger partial charge in [-0.05, 0) is 46.6 Å². The maximum absolute atomic E-state index is 9.44. The molecule has 1 heterocycles. The van der Waals surface area contributed by atoms with Crippen molar-refractivity contribution in [2.45, 2.75) is 71.9 Å². The second kappa shape index (κ2) is 7.11. The van der Waals surface area contributed by atoms with Crippen LogP contribution in [0.2, 0.25) is 0 Å². The molecular weight excluding hydrogens is 222 g/mol. The number of hydrogen-bond donors (Lipinski definition) is 1. The highest BCUT2D eigenvalue weighted by Crippen LogP contribution is 2.24. The second-order valence-electron chi connectivity index (χ2n) is 6.26. The fraction of sp³-hybridized carbons (Fsp3) is 0.933. The molecule has 0 aromatic rings. The highest BCUT2D eigenvalue weighted by molar-refractivity contribution is 5.11. The molecule has 0 aromatic carbocycles. The second-order valence-corrected chi connectivity index (χ2v) is 6.26. The van der Waals surface area contributed by atoms with Gasteiger partial charge in [0.15, 0.2) is 0 Å². The van der Waals surface area contributed by atoms with Crippen molar-refractivity contribution in [2.24, 2.45) is 0 Å². The molecule has 0 radical (unpaired) electrons. The van der Waals surface area contributed by atoms with E-state index in [2.05, 4.69) is 44.0 Å². The average molecular weight is 253 g/mol. The number of hydrogen-bond acceptors (Lipinski definition) is 3. The lowest BCUT2D eigenvalue weighted by Gasteiger charge is -2.41. The van der Waals surface area contributed by atoms with Gasteiger partial charge in [-0.15, -0.1) is 0 Å². The fourth-order valence-corrected chi connectivity index (χ4v) is 2.52. The van der Waals surface area contributed by atoms with E-state index in [0.29, 0.717) is 0 Å². The number of nitrogens with one attached hydrogen (secondary N) is 1. The number of unbranched alkanes of at least 4 members (excludes halogenated alkanes) is 1. The van der Waals surface area contributed by atoms with E-state index < -0.39 is 0 Å². The third-order valence-electron chi connectivity index (χ3n) is 3.37. The molecule has 0 aliphatic carbocycles. The number of nitrogens with zero attached hydrogens (tertiary/aromatic N) is 2. The van der Waals surface area contributed by atoms with Gasteiger partial charge >= 0.3 is 0 Å². The van der Waals surface area contributed by atoms with Gasteiger partial charge in [-0.1, -0.05) is 20.8 Å². The van der Waals surface area contributed by atoms with Gasteiger partial charge in [0.05, 0.1) is 6.07 Å². The Hall–Kier alpha value is -0.590. The number of nitriles is 1. The van der Waals surface area contributed by atoms with Gasteiger partial charge in [-0.25, -0.2) is 0 Å². The Morgan fingerprint density at radius 1 is 1.28 bits per heavy atom. The van der Waals surface area contributed by atoms with Gasteiger partial charge in [0.2, 0.25) is 0 Å². The molecule has 1 aliphatic rings. The van der Waals surface area contributed by atoms with Crippen molar-refractivity contribution in [3.63, 3.8) is 0 Å². The van der Waals surface area contributed by atoms with Gasteiger partial charge in [0.1, 0.15) is 5.54 Å². The van der Waals surface area contributed by atoms with Crippen LogP contribution in [0.5, 0.6) is 0 Å². The molecule has 3 nitrogen and oxygen atoms in total. The zero-order valence-corrected chi connectivity index (χ0v) is 11.8. The Morgan fingerprint density at radius 2 is 1.83 bits per heavy atom. The third-order valence-corrected chi connectivity index (χ3v) is 3.37. The first-order valence-electron chi connectivity index (χ1n) is 6.84. The predicted molar refractivity (Wildman–Crippen MR) is 78.5 cm³/mol. The highest BCUT2D eigenvalue weighted by atomic mass is 15.2. The summed E-state index contributed by atoms with van der Waals surface area (Å²) in [7, 11) is 0. The number of rotatable bonds is 4. The van der Waals surface area contributed by atoms with Crippen molar-refractivity contribution >= 4 is 0 Å². The molecule has 18 heavy (non-hydrogen) atoms.